The molecule has 4 heteroatoms. The van der Waals surface area contributed by atoms with E-state index in [4.69, 9.17) is 23.2 Å². The van der Waals surface area contributed by atoms with E-state index in [-0.39, 0.29) is 0 Å². The Morgan fingerprint density at radius 1 is 1.06 bits per heavy atom. The normalized spacial score (nSPS) is 11.4. The Morgan fingerprint density at radius 3 is 1.94 bits per heavy atom. The standard InChI is InChI=1S/C14H25Cl2NO/c1-3-6-14(18,7-4-2)8-5-11-17(12-9-15)13-10-16/h18H,3-4,6-7,9-13H2,1-2H3. The first kappa shape index (κ1) is 18.1. The average Bonchev–Trinajstić information content (AvgIpc) is 2.30. The molecule has 0 amide bonds. The van der Waals surface area contributed by atoms with Crippen molar-refractivity contribution in [1.29, 1.82) is 0 Å². The third kappa shape index (κ3) is 8.21. The molecule has 0 heterocycles. The summed E-state index contributed by atoms with van der Waals surface area (Å²) in [7, 11) is 0. The molecule has 106 valence electrons. The predicted molar refractivity (Wildman–Crippen MR) is 80.4 cm³/mol. The van der Waals surface area contributed by atoms with Gasteiger partial charge in [0, 0.05) is 24.8 Å². The van der Waals surface area contributed by atoms with Gasteiger partial charge in [0.25, 0.3) is 0 Å². The number of nitrogens with zero attached hydrogens (tertiary/aromatic N) is 1. The summed E-state index contributed by atoms with van der Waals surface area (Å²) in [6.45, 7) is 6.31. The fourth-order valence-electron chi connectivity index (χ4n) is 1.90. The molecule has 18 heavy (non-hydrogen) atoms. The first-order chi connectivity index (χ1) is 8.61. The third-order valence-electron chi connectivity index (χ3n) is 2.75. The van der Waals surface area contributed by atoms with Crippen molar-refractivity contribution in [2.75, 3.05) is 31.4 Å². The zero-order valence-corrected chi connectivity index (χ0v) is 13.0. The van der Waals surface area contributed by atoms with Crippen molar-refractivity contribution in [3.63, 3.8) is 0 Å². The van der Waals surface area contributed by atoms with Crippen molar-refractivity contribution in [2.24, 2.45) is 0 Å². The quantitative estimate of drug-likeness (QED) is 0.522. The molecule has 0 aromatic rings. The lowest BCUT2D eigenvalue weighted by Crippen LogP contribution is -2.30. The maximum absolute atomic E-state index is 10.3. The second-order valence-electron chi connectivity index (χ2n) is 4.49. The van der Waals surface area contributed by atoms with Crippen molar-refractivity contribution >= 4 is 23.2 Å². The Balaban J connectivity index is 4.39. The van der Waals surface area contributed by atoms with Crippen LogP contribution in [0.1, 0.15) is 39.5 Å². The van der Waals surface area contributed by atoms with Crippen LogP contribution >= 0.6 is 23.2 Å². The maximum atomic E-state index is 10.3. The van der Waals surface area contributed by atoms with Crippen LogP contribution < -0.4 is 0 Å². The van der Waals surface area contributed by atoms with Gasteiger partial charge in [-0.3, -0.25) is 4.90 Å². The SMILES string of the molecule is CCCC(O)(C#CCN(CCCl)CCCl)CCC. The zero-order valence-electron chi connectivity index (χ0n) is 11.5. The van der Waals surface area contributed by atoms with Gasteiger partial charge in [-0.2, -0.15) is 0 Å². The molecule has 0 unspecified atom stereocenters. The Morgan fingerprint density at radius 2 is 1.56 bits per heavy atom. The molecule has 0 radical (unpaired) electrons. The topological polar surface area (TPSA) is 23.5 Å². The van der Waals surface area contributed by atoms with Crippen LogP contribution in [0.25, 0.3) is 0 Å². The van der Waals surface area contributed by atoms with Gasteiger partial charge in [0.05, 0.1) is 6.54 Å². The second-order valence-corrected chi connectivity index (χ2v) is 5.24. The van der Waals surface area contributed by atoms with Crippen LogP contribution in [0.15, 0.2) is 0 Å². The van der Waals surface area contributed by atoms with E-state index in [1.165, 1.54) is 0 Å². The lowest BCUT2D eigenvalue weighted by atomic mass is 9.93. The third-order valence-corrected chi connectivity index (χ3v) is 3.09. The highest BCUT2D eigenvalue weighted by Crippen LogP contribution is 2.18. The molecule has 0 aliphatic heterocycles. The summed E-state index contributed by atoms with van der Waals surface area (Å²) in [4.78, 5) is 2.10. The van der Waals surface area contributed by atoms with Crippen LogP contribution in [0.5, 0.6) is 0 Å². The van der Waals surface area contributed by atoms with Crippen LogP contribution in [0.4, 0.5) is 0 Å². The molecule has 0 aromatic heterocycles. The van der Waals surface area contributed by atoms with Gasteiger partial charge in [-0.1, -0.05) is 38.5 Å². The van der Waals surface area contributed by atoms with E-state index in [2.05, 4.69) is 30.6 Å². The molecule has 0 saturated heterocycles. The van der Waals surface area contributed by atoms with E-state index in [1.54, 1.807) is 0 Å². The summed E-state index contributed by atoms with van der Waals surface area (Å²) in [5.74, 6) is 7.25. The van der Waals surface area contributed by atoms with Crippen LogP contribution in [0.3, 0.4) is 0 Å². The first-order valence-electron chi connectivity index (χ1n) is 6.68. The summed E-state index contributed by atoms with van der Waals surface area (Å²) >= 11 is 11.4. The van der Waals surface area contributed by atoms with E-state index >= 15 is 0 Å². The Labute approximate surface area is 122 Å². The van der Waals surface area contributed by atoms with Gasteiger partial charge in [0.1, 0.15) is 5.60 Å². The molecule has 0 fully saturated rings. The maximum Gasteiger partial charge on any atom is 0.125 e. The van der Waals surface area contributed by atoms with Crippen LogP contribution in [-0.2, 0) is 0 Å². The first-order valence-corrected chi connectivity index (χ1v) is 7.75. The molecule has 0 saturated carbocycles. The Bertz CT molecular complexity index is 248. The molecule has 0 aliphatic carbocycles. The number of halogens is 2. The van der Waals surface area contributed by atoms with Crippen LogP contribution in [0, 0.1) is 11.8 Å². The van der Waals surface area contributed by atoms with E-state index in [1.807, 2.05) is 0 Å². The summed E-state index contributed by atoms with van der Waals surface area (Å²) < 4.78 is 0. The molecule has 0 bridgehead atoms. The van der Waals surface area contributed by atoms with Crippen molar-refractivity contribution in [1.82, 2.24) is 4.90 Å². The highest BCUT2D eigenvalue weighted by molar-refractivity contribution is 6.18. The number of aliphatic hydroxyl groups is 1. The van der Waals surface area contributed by atoms with Gasteiger partial charge >= 0.3 is 0 Å². The molecule has 1 N–H and O–H groups in total. The van der Waals surface area contributed by atoms with Crippen LogP contribution in [-0.4, -0.2) is 47.0 Å². The van der Waals surface area contributed by atoms with E-state index in [0.29, 0.717) is 18.3 Å². The molecule has 0 rings (SSSR count). The van der Waals surface area contributed by atoms with E-state index < -0.39 is 5.60 Å². The zero-order chi connectivity index (χ0) is 13.9. The van der Waals surface area contributed by atoms with Gasteiger partial charge in [-0.15, -0.1) is 23.2 Å². The molecule has 0 atom stereocenters. The van der Waals surface area contributed by atoms with Gasteiger partial charge in [-0.05, 0) is 12.8 Å². The van der Waals surface area contributed by atoms with Gasteiger partial charge in [0.15, 0.2) is 0 Å². The van der Waals surface area contributed by atoms with Gasteiger partial charge in [0.2, 0.25) is 0 Å². The van der Waals surface area contributed by atoms with Crippen molar-refractivity contribution in [2.45, 2.75) is 45.1 Å². The molecule has 0 spiro atoms. The minimum atomic E-state index is -0.822. The highest BCUT2D eigenvalue weighted by Gasteiger charge is 2.21. The van der Waals surface area contributed by atoms with Crippen molar-refractivity contribution in [3.05, 3.63) is 0 Å². The van der Waals surface area contributed by atoms with E-state index in [0.717, 1.165) is 38.8 Å². The lowest BCUT2D eigenvalue weighted by molar-refractivity contribution is 0.0805. The Kier molecular flexibility index (Phi) is 11.0. The fourth-order valence-corrected chi connectivity index (χ4v) is 2.38. The van der Waals surface area contributed by atoms with Crippen LogP contribution in [0.2, 0.25) is 0 Å². The smallest absolute Gasteiger partial charge is 0.125 e. The van der Waals surface area contributed by atoms with Crippen molar-refractivity contribution in [3.8, 4) is 11.8 Å². The predicted octanol–water partition coefficient (Wildman–Crippen LogP) is 3.10. The number of alkyl halides is 2. The molecule has 0 aromatic carbocycles. The van der Waals surface area contributed by atoms with Gasteiger partial charge in [-0.25, -0.2) is 0 Å². The summed E-state index contributed by atoms with van der Waals surface area (Å²) in [5, 5.41) is 10.3. The number of hydrogen-bond acceptors (Lipinski definition) is 2. The number of rotatable bonds is 9. The molecule has 2 nitrogen and oxygen atoms in total. The van der Waals surface area contributed by atoms with Gasteiger partial charge < -0.3 is 5.11 Å². The minimum absolute atomic E-state index is 0.576. The largest absolute Gasteiger partial charge is 0.378 e. The monoisotopic (exact) mass is 293 g/mol. The second kappa shape index (κ2) is 10.9. The lowest BCUT2D eigenvalue weighted by Gasteiger charge is -2.21. The fraction of sp³-hybridized carbons (Fsp3) is 0.857. The average molecular weight is 294 g/mol. The molecular formula is C14H25Cl2NO. The molecular weight excluding hydrogens is 269 g/mol. The Hall–Kier alpha value is 0.0600. The summed E-state index contributed by atoms with van der Waals surface area (Å²) in [6, 6.07) is 0. The highest BCUT2D eigenvalue weighted by atomic mass is 35.5. The minimum Gasteiger partial charge on any atom is -0.378 e. The van der Waals surface area contributed by atoms with E-state index in [9.17, 15) is 5.11 Å². The molecule has 0 aliphatic rings. The summed E-state index contributed by atoms with van der Waals surface area (Å²) in [5.41, 5.74) is -0.822. The van der Waals surface area contributed by atoms with Crippen molar-refractivity contribution < 1.29 is 5.11 Å². The number of hydrogen-bond donors (Lipinski definition) is 1. The summed E-state index contributed by atoms with van der Waals surface area (Å²) in [6.07, 6.45) is 3.36.